The Balaban J connectivity index is 1.40. The first-order valence-corrected chi connectivity index (χ1v) is 9.10. The molecule has 0 aliphatic carbocycles. The summed E-state index contributed by atoms with van der Waals surface area (Å²) in [5.74, 6) is 0.287. The van der Waals surface area contributed by atoms with Gasteiger partial charge in [0.1, 0.15) is 0 Å². The Morgan fingerprint density at radius 2 is 1.70 bits per heavy atom. The standard InChI is InChI=1S/C19H24N2OS/c1-16-7-8-19(23-16)18(22)9-10-20-11-13-21(14-12-20)15-17-5-3-2-4-6-17/h2-8H,9-15H2,1H3. The minimum Gasteiger partial charge on any atom is -0.300 e. The minimum atomic E-state index is 0.287. The third-order valence-corrected chi connectivity index (χ3v) is 5.43. The number of thiophene rings is 1. The highest BCUT2D eigenvalue weighted by atomic mass is 32.1. The van der Waals surface area contributed by atoms with Crippen LogP contribution in [0.5, 0.6) is 0 Å². The lowest BCUT2D eigenvalue weighted by Crippen LogP contribution is -2.46. The van der Waals surface area contributed by atoms with Crippen LogP contribution in [0.2, 0.25) is 0 Å². The number of ketones is 1. The average molecular weight is 328 g/mol. The molecule has 1 aromatic carbocycles. The van der Waals surface area contributed by atoms with E-state index >= 15 is 0 Å². The van der Waals surface area contributed by atoms with Crippen LogP contribution in [0.15, 0.2) is 42.5 Å². The van der Waals surface area contributed by atoms with E-state index in [2.05, 4.69) is 40.1 Å². The van der Waals surface area contributed by atoms with Crippen molar-refractivity contribution in [1.82, 2.24) is 9.80 Å². The van der Waals surface area contributed by atoms with E-state index in [9.17, 15) is 4.79 Å². The van der Waals surface area contributed by atoms with Crippen molar-refractivity contribution in [2.75, 3.05) is 32.7 Å². The van der Waals surface area contributed by atoms with Gasteiger partial charge in [0.15, 0.2) is 5.78 Å². The van der Waals surface area contributed by atoms with Gasteiger partial charge < -0.3 is 4.90 Å². The summed E-state index contributed by atoms with van der Waals surface area (Å²) < 4.78 is 0. The Hall–Kier alpha value is -1.49. The molecule has 1 aromatic heterocycles. The first-order chi connectivity index (χ1) is 11.2. The van der Waals surface area contributed by atoms with Crippen molar-refractivity contribution in [3.63, 3.8) is 0 Å². The Bertz CT molecular complexity index is 630. The van der Waals surface area contributed by atoms with Gasteiger partial charge in [-0.15, -0.1) is 11.3 Å². The molecular weight excluding hydrogens is 304 g/mol. The van der Waals surface area contributed by atoms with Gasteiger partial charge in [0.05, 0.1) is 4.88 Å². The quantitative estimate of drug-likeness (QED) is 0.759. The molecule has 0 bridgehead atoms. The first kappa shape index (κ1) is 16.4. The van der Waals surface area contributed by atoms with Crippen molar-refractivity contribution in [3.8, 4) is 0 Å². The summed E-state index contributed by atoms with van der Waals surface area (Å²) in [5, 5.41) is 0. The van der Waals surface area contributed by atoms with Crippen molar-refractivity contribution < 1.29 is 4.79 Å². The van der Waals surface area contributed by atoms with Crippen LogP contribution in [-0.2, 0) is 6.54 Å². The number of piperazine rings is 1. The molecule has 3 nitrogen and oxygen atoms in total. The van der Waals surface area contributed by atoms with Gasteiger partial charge in [-0.05, 0) is 24.6 Å². The van der Waals surface area contributed by atoms with Crippen LogP contribution in [0, 0.1) is 6.92 Å². The zero-order valence-corrected chi connectivity index (χ0v) is 14.5. The van der Waals surface area contributed by atoms with E-state index in [1.54, 1.807) is 11.3 Å². The van der Waals surface area contributed by atoms with E-state index in [1.165, 1.54) is 10.4 Å². The van der Waals surface area contributed by atoms with Crippen LogP contribution < -0.4 is 0 Å². The number of carbonyl (C=O) groups excluding carboxylic acids is 1. The maximum Gasteiger partial charge on any atom is 0.174 e. The molecule has 1 fully saturated rings. The van der Waals surface area contributed by atoms with Gasteiger partial charge in [0.25, 0.3) is 0 Å². The van der Waals surface area contributed by atoms with Crippen molar-refractivity contribution in [1.29, 1.82) is 0 Å². The summed E-state index contributed by atoms with van der Waals surface area (Å²) in [6.45, 7) is 8.25. The third-order valence-electron chi connectivity index (χ3n) is 4.38. The van der Waals surface area contributed by atoms with Gasteiger partial charge in [0.2, 0.25) is 0 Å². The zero-order valence-electron chi connectivity index (χ0n) is 13.7. The molecule has 2 heterocycles. The van der Waals surface area contributed by atoms with E-state index in [-0.39, 0.29) is 5.78 Å². The van der Waals surface area contributed by atoms with Crippen LogP contribution in [-0.4, -0.2) is 48.3 Å². The Labute approximate surface area is 142 Å². The average Bonchev–Trinajstić information content (AvgIpc) is 3.01. The summed E-state index contributed by atoms with van der Waals surface area (Å²) in [7, 11) is 0. The number of carbonyl (C=O) groups is 1. The van der Waals surface area contributed by atoms with Gasteiger partial charge in [-0.1, -0.05) is 30.3 Å². The molecule has 2 aromatic rings. The summed E-state index contributed by atoms with van der Waals surface area (Å²) in [5.41, 5.74) is 1.38. The van der Waals surface area contributed by atoms with Gasteiger partial charge >= 0.3 is 0 Å². The summed E-state index contributed by atoms with van der Waals surface area (Å²) in [6.07, 6.45) is 0.638. The molecule has 122 valence electrons. The molecule has 1 saturated heterocycles. The molecule has 3 rings (SSSR count). The molecular formula is C19H24N2OS. The Kier molecular flexibility index (Phi) is 5.60. The number of aryl methyl sites for hydroxylation is 1. The molecule has 1 aliphatic heterocycles. The Morgan fingerprint density at radius 1 is 1.00 bits per heavy atom. The summed E-state index contributed by atoms with van der Waals surface area (Å²) >= 11 is 1.61. The van der Waals surface area contributed by atoms with Crippen molar-refractivity contribution in [2.24, 2.45) is 0 Å². The fourth-order valence-corrected chi connectivity index (χ4v) is 3.81. The number of benzene rings is 1. The number of hydrogen-bond donors (Lipinski definition) is 0. The molecule has 1 aliphatic rings. The number of rotatable bonds is 6. The predicted molar refractivity (Wildman–Crippen MR) is 96.2 cm³/mol. The molecule has 4 heteroatoms. The third kappa shape index (κ3) is 4.74. The maximum absolute atomic E-state index is 12.2. The lowest BCUT2D eigenvalue weighted by molar-refractivity contribution is 0.0926. The van der Waals surface area contributed by atoms with Gasteiger partial charge in [-0.2, -0.15) is 0 Å². The van der Waals surface area contributed by atoms with Gasteiger partial charge in [-0.3, -0.25) is 9.69 Å². The highest BCUT2D eigenvalue weighted by Crippen LogP contribution is 2.17. The number of hydrogen-bond acceptors (Lipinski definition) is 4. The van der Waals surface area contributed by atoms with Crippen molar-refractivity contribution in [2.45, 2.75) is 19.9 Å². The number of nitrogens with zero attached hydrogens (tertiary/aromatic N) is 2. The largest absolute Gasteiger partial charge is 0.300 e. The van der Waals surface area contributed by atoms with Crippen molar-refractivity contribution in [3.05, 3.63) is 57.8 Å². The highest BCUT2D eigenvalue weighted by molar-refractivity contribution is 7.14. The summed E-state index contributed by atoms with van der Waals surface area (Å²) in [4.78, 5) is 19.2. The first-order valence-electron chi connectivity index (χ1n) is 8.29. The predicted octanol–water partition coefficient (Wildman–Crippen LogP) is 3.45. The number of Topliss-reactive ketones (excluding diaryl/α,β-unsaturated/α-hetero) is 1. The molecule has 0 spiro atoms. The molecule has 0 amide bonds. The molecule has 0 unspecified atom stereocenters. The summed E-state index contributed by atoms with van der Waals surface area (Å²) in [6, 6.07) is 14.6. The fraction of sp³-hybridized carbons (Fsp3) is 0.421. The normalized spacial score (nSPS) is 16.6. The molecule has 0 saturated carbocycles. The van der Waals surface area contributed by atoms with Gasteiger partial charge in [-0.25, -0.2) is 0 Å². The van der Waals surface area contributed by atoms with E-state index in [0.29, 0.717) is 6.42 Å². The second-order valence-corrected chi connectivity index (χ2v) is 7.47. The lowest BCUT2D eigenvalue weighted by Gasteiger charge is -2.34. The second-order valence-electron chi connectivity index (χ2n) is 6.19. The van der Waals surface area contributed by atoms with E-state index in [4.69, 9.17) is 0 Å². The monoisotopic (exact) mass is 328 g/mol. The zero-order chi connectivity index (χ0) is 16.1. The van der Waals surface area contributed by atoms with Crippen LogP contribution >= 0.6 is 11.3 Å². The van der Waals surface area contributed by atoms with Crippen molar-refractivity contribution >= 4 is 17.1 Å². The Morgan fingerprint density at radius 3 is 2.35 bits per heavy atom. The maximum atomic E-state index is 12.2. The topological polar surface area (TPSA) is 23.6 Å². The molecule has 0 atom stereocenters. The highest BCUT2D eigenvalue weighted by Gasteiger charge is 2.18. The van der Waals surface area contributed by atoms with Crippen LogP contribution in [0.25, 0.3) is 0 Å². The lowest BCUT2D eigenvalue weighted by atomic mass is 10.2. The molecule has 0 radical (unpaired) electrons. The van der Waals surface area contributed by atoms with Gasteiger partial charge in [0, 0.05) is 50.6 Å². The SMILES string of the molecule is Cc1ccc(C(=O)CCN2CCN(Cc3ccccc3)CC2)s1. The van der Waals surface area contributed by atoms with E-state index in [0.717, 1.165) is 44.1 Å². The fourth-order valence-electron chi connectivity index (χ4n) is 2.98. The molecule has 23 heavy (non-hydrogen) atoms. The minimum absolute atomic E-state index is 0.287. The van der Waals surface area contributed by atoms with E-state index in [1.807, 2.05) is 19.1 Å². The van der Waals surface area contributed by atoms with Crippen LogP contribution in [0.1, 0.15) is 26.5 Å². The van der Waals surface area contributed by atoms with Crippen LogP contribution in [0.3, 0.4) is 0 Å². The van der Waals surface area contributed by atoms with Crippen LogP contribution in [0.4, 0.5) is 0 Å². The van der Waals surface area contributed by atoms with E-state index < -0.39 is 0 Å². The second kappa shape index (κ2) is 7.86. The smallest absolute Gasteiger partial charge is 0.174 e. The molecule has 0 N–H and O–H groups in total.